The van der Waals surface area contributed by atoms with Crippen LogP contribution in [-0.2, 0) is 17.3 Å². The molecule has 3 nitrogen and oxygen atoms in total. The molecule has 2 atom stereocenters. The summed E-state index contributed by atoms with van der Waals surface area (Å²) < 4.78 is 16.9. The molecule has 1 N–H and O–H groups in total. The van der Waals surface area contributed by atoms with Gasteiger partial charge in [0.15, 0.2) is 0 Å². The second-order valence-electron chi connectivity index (χ2n) is 5.62. The summed E-state index contributed by atoms with van der Waals surface area (Å²) in [6.45, 7) is 8.73. The van der Waals surface area contributed by atoms with Gasteiger partial charge in [0.05, 0.1) is 6.61 Å². The molecule has 0 fully saturated rings. The highest BCUT2D eigenvalue weighted by Crippen LogP contribution is 2.13. The Kier molecular flexibility index (Phi) is 7.85. The fourth-order valence-corrected chi connectivity index (χ4v) is 2.01. The summed E-state index contributed by atoms with van der Waals surface area (Å²) in [6, 6.07) is 8.17. The van der Waals surface area contributed by atoms with Crippen molar-refractivity contribution in [2.75, 3.05) is 19.4 Å². The fourth-order valence-electron chi connectivity index (χ4n) is 1.65. The van der Waals surface area contributed by atoms with E-state index in [9.17, 15) is 4.21 Å². The third-order valence-electron chi connectivity index (χ3n) is 3.21. The van der Waals surface area contributed by atoms with Gasteiger partial charge in [-0.25, -0.2) is 0 Å². The molecule has 114 valence electrons. The predicted octanol–water partition coefficient (Wildman–Crippen LogP) is 2.97. The minimum Gasteiger partial charge on any atom is -0.494 e. The van der Waals surface area contributed by atoms with Gasteiger partial charge in [0, 0.05) is 35.4 Å². The van der Waals surface area contributed by atoms with Crippen molar-refractivity contribution in [3.8, 4) is 5.75 Å². The smallest absolute Gasteiger partial charge is 0.119 e. The maximum atomic E-state index is 11.2. The summed E-state index contributed by atoms with van der Waals surface area (Å²) in [6.07, 6.45) is 2.82. The Bertz CT molecular complexity index is 403. The van der Waals surface area contributed by atoms with Crippen molar-refractivity contribution in [3.63, 3.8) is 0 Å². The molecule has 0 aliphatic heterocycles. The first-order chi connectivity index (χ1) is 9.49. The van der Waals surface area contributed by atoms with Gasteiger partial charge in [-0.15, -0.1) is 0 Å². The maximum absolute atomic E-state index is 11.2. The lowest BCUT2D eigenvalue weighted by molar-refractivity contribution is 0.289. The number of hydrogen-bond donors (Lipinski definition) is 1. The molecule has 0 aromatic heterocycles. The Morgan fingerprint density at radius 1 is 1.20 bits per heavy atom. The quantitative estimate of drug-likeness (QED) is 0.761. The lowest BCUT2D eigenvalue weighted by Crippen LogP contribution is -2.27. The Morgan fingerprint density at radius 3 is 2.40 bits per heavy atom. The van der Waals surface area contributed by atoms with E-state index >= 15 is 0 Å². The van der Waals surface area contributed by atoms with Crippen molar-refractivity contribution < 1.29 is 8.95 Å². The maximum Gasteiger partial charge on any atom is 0.119 e. The average molecular weight is 297 g/mol. The fraction of sp³-hybridized carbons (Fsp3) is 0.625. The zero-order valence-electron chi connectivity index (χ0n) is 13.0. The van der Waals surface area contributed by atoms with Crippen LogP contribution in [0.2, 0.25) is 0 Å². The highest BCUT2D eigenvalue weighted by Gasteiger charge is 2.05. The Hall–Kier alpha value is -0.870. The van der Waals surface area contributed by atoms with Gasteiger partial charge in [0.1, 0.15) is 5.75 Å². The summed E-state index contributed by atoms with van der Waals surface area (Å²) in [5.74, 6) is 1.60. The third kappa shape index (κ3) is 7.06. The van der Waals surface area contributed by atoms with E-state index in [-0.39, 0.29) is 5.25 Å². The summed E-state index contributed by atoms with van der Waals surface area (Å²) in [5.41, 5.74) is 1.22. The molecule has 0 saturated carbocycles. The highest BCUT2D eigenvalue weighted by atomic mass is 32.2. The number of nitrogens with one attached hydrogen (secondary N) is 1. The van der Waals surface area contributed by atoms with E-state index in [0.717, 1.165) is 31.9 Å². The van der Waals surface area contributed by atoms with E-state index in [0.29, 0.717) is 5.92 Å². The predicted molar refractivity (Wildman–Crippen MR) is 86.6 cm³/mol. The molecule has 0 radical (unpaired) electrons. The first-order valence-electron chi connectivity index (χ1n) is 7.23. The van der Waals surface area contributed by atoms with Gasteiger partial charge in [0.25, 0.3) is 0 Å². The molecular formula is C16H27NO2S. The van der Waals surface area contributed by atoms with E-state index in [4.69, 9.17) is 4.74 Å². The monoisotopic (exact) mass is 297 g/mol. The molecule has 0 spiro atoms. The molecule has 0 aliphatic rings. The van der Waals surface area contributed by atoms with Crippen LogP contribution in [0.5, 0.6) is 5.75 Å². The normalized spacial score (nSPS) is 14.2. The zero-order chi connectivity index (χ0) is 15.0. The van der Waals surface area contributed by atoms with Crippen molar-refractivity contribution in [2.45, 2.75) is 39.0 Å². The lowest BCUT2D eigenvalue weighted by atomic mass is 10.1. The van der Waals surface area contributed by atoms with Crippen LogP contribution in [0, 0.1) is 5.92 Å². The Morgan fingerprint density at radius 2 is 1.85 bits per heavy atom. The van der Waals surface area contributed by atoms with Crippen molar-refractivity contribution >= 4 is 10.8 Å². The average Bonchev–Trinajstić information content (AvgIpc) is 2.40. The topological polar surface area (TPSA) is 38.3 Å². The number of ether oxygens (including phenoxy) is 1. The van der Waals surface area contributed by atoms with Gasteiger partial charge in [-0.2, -0.15) is 0 Å². The second-order valence-corrected chi connectivity index (χ2v) is 7.42. The second kappa shape index (κ2) is 9.14. The van der Waals surface area contributed by atoms with Crippen LogP contribution >= 0.6 is 0 Å². The Balaban J connectivity index is 2.29. The van der Waals surface area contributed by atoms with Crippen molar-refractivity contribution in [1.29, 1.82) is 0 Å². The summed E-state index contributed by atoms with van der Waals surface area (Å²) in [7, 11) is -0.762. The van der Waals surface area contributed by atoms with Gasteiger partial charge < -0.3 is 10.1 Å². The highest BCUT2D eigenvalue weighted by molar-refractivity contribution is 7.84. The SMILES string of the molecule is CC(C)CCOc1ccc(CNCC(C)S(C)=O)cc1. The van der Waals surface area contributed by atoms with Gasteiger partial charge in [-0.1, -0.05) is 26.0 Å². The van der Waals surface area contributed by atoms with E-state index in [2.05, 4.69) is 31.3 Å². The lowest BCUT2D eigenvalue weighted by Gasteiger charge is -2.11. The molecule has 0 heterocycles. The summed E-state index contributed by atoms with van der Waals surface area (Å²) >= 11 is 0. The first kappa shape index (κ1) is 17.2. The molecule has 4 heteroatoms. The van der Waals surface area contributed by atoms with Gasteiger partial charge in [0.2, 0.25) is 0 Å². The molecule has 0 bridgehead atoms. The largest absolute Gasteiger partial charge is 0.494 e. The molecule has 1 aromatic rings. The minimum absolute atomic E-state index is 0.189. The van der Waals surface area contributed by atoms with Crippen LogP contribution in [0.4, 0.5) is 0 Å². The first-order valence-corrected chi connectivity index (χ1v) is 8.86. The van der Waals surface area contributed by atoms with Crippen LogP contribution < -0.4 is 10.1 Å². The standard InChI is InChI=1S/C16H27NO2S/c1-13(2)9-10-19-16-7-5-15(6-8-16)12-17-11-14(3)20(4)18/h5-8,13-14,17H,9-12H2,1-4H3. The number of benzene rings is 1. The minimum atomic E-state index is -0.762. The van der Waals surface area contributed by atoms with Crippen molar-refractivity contribution in [2.24, 2.45) is 5.92 Å². The van der Waals surface area contributed by atoms with E-state index in [1.807, 2.05) is 19.1 Å². The van der Waals surface area contributed by atoms with Crippen LogP contribution in [0.1, 0.15) is 32.8 Å². The van der Waals surface area contributed by atoms with Crippen molar-refractivity contribution in [1.82, 2.24) is 5.32 Å². The van der Waals surface area contributed by atoms with Crippen molar-refractivity contribution in [3.05, 3.63) is 29.8 Å². The van der Waals surface area contributed by atoms with Gasteiger partial charge >= 0.3 is 0 Å². The molecule has 2 unspecified atom stereocenters. The molecule has 1 rings (SSSR count). The van der Waals surface area contributed by atoms with Gasteiger partial charge in [-0.05, 0) is 37.0 Å². The van der Waals surface area contributed by atoms with E-state index in [1.54, 1.807) is 6.26 Å². The Labute approximate surface area is 125 Å². The van der Waals surface area contributed by atoms with Crippen LogP contribution in [-0.4, -0.2) is 28.9 Å². The third-order valence-corrected chi connectivity index (χ3v) is 4.51. The number of hydrogen-bond acceptors (Lipinski definition) is 3. The van der Waals surface area contributed by atoms with Gasteiger partial charge in [-0.3, -0.25) is 4.21 Å². The molecule has 20 heavy (non-hydrogen) atoms. The summed E-state index contributed by atoms with van der Waals surface area (Å²) in [4.78, 5) is 0. The van der Waals surface area contributed by atoms with Crippen LogP contribution in [0.3, 0.4) is 0 Å². The molecule has 0 saturated heterocycles. The van der Waals surface area contributed by atoms with E-state index < -0.39 is 10.8 Å². The molecule has 1 aromatic carbocycles. The van der Waals surface area contributed by atoms with E-state index in [1.165, 1.54) is 5.56 Å². The van der Waals surface area contributed by atoms with Crippen LogP contribution in [0.15, 0.2) is 24.3 Å². The van der Waals surface area contributed by atoms with Crippen LogP contribution in [0.25, 0.3) is 0 Å². The molecule has 0 aliphatic carbocycles. The summed E-state index contributed by atoms with van der Waals surface area (Å²) in [5, 5.41) is 3.52. The molecule has 0 amide bonds. The molecular weight excluding hydrogens is 270 g/mol. The zero-order valence-corrected chi connectivity index (χ0v) is 13.8. The number of rotatable bonds is 9.